The van der Waals surface area contributed by atoms with Gasteiger partial charge in [-0.15, -0.1) is 11.3 Å². The number of imidazole rings is 1. The lowest BCUT2D eigenvalue weighted by atomic mass is 10.2. The SMILES string of the molecule is Cc1ccsc1-c1cnc(CCC(=O)O)[nH]1. The minimum Gasteiger partial charge on any atom is -0.481 e. The lowest BCUT2D eigenvalue weighted by Gasteiger charge is -1.94. The molecule has 4 nitrogen and oxygen atoms in total. The molecule has 0 saturated heterocycles. The van der Waals surface area contributed by atoms with Crippen molar-refractivity contribution < 1.29 is 9.90 Å². The molecule has 84 valence electrons. The van der Waals surface area contributed by atoms with Gasteiger partial charge in [0.25, 0.3) is 0 Å². The van der Waals surface area contributed by atoms with Crippen LogP contribution in [0.5, 0.6) is 0 Å². The van der Waals surface area contributed by atoms with Crippen molar-refractivity contribution in [2.75, 3.05) is 0 Å². The Kier molecular flexibility index (Phi) is 3.05. The fourth-order valence-electron chi connectivity index (χ4n) is 1.48. The molecule has 0 spiro atoms. The van der Waals surface area contributed by atoms with Crippen LogP contribution in [0.4, 0.5) is 0 Å². The molecule has 0 amide bonds. The summed E-state index contributed by atoms with van der Waals surface area (Å²) >= 11 is 1.65. The third-order valence-electron chi connectivity index (χ3n) is 2.31. The number of nitrogens with zero attached hydrogens (tertiary/aromatic N) is 1. The second kappa shape index (κ2) is 4.49. The maximum absolute atomic E-state index is 10.4. The Morgan fingerprint density at radius 1 is 1.62 bits per heavy atom. The third kappa shape index (κ3) is 2.30. The summed E-state index contributed by atoms with van der Waals surface area (Å²) in [6, 6.07) is 2.05. The fourth-order valence-corrected chi connectivity index (χ4v) is 2.37. The summed E-state index contributed by atoms with van der Waals surface area (Å²) < 4.78 is 0. The zero-order valence-electron chi connectivity index (χ0n) is 8.86. The Morgan fingerprint density at radius 2 is 2.44 bits per heavy atom. The highest BCUT2D eigenvalue weighted by Gasteiger charge is 2.08. The van der Waals surface area contributed by atoms with Gasteiger partial charge in [-0.2, -0.15) is 0 Å². The van der Waals surface area contributed by atoms with Crippen molar-refractivity contribution in [2.24, 2.45) is 0 Å². The van der Waals surface area contributed by atoms with Crippen LogP contribution in [0.25, 0.3) is 10.6 Å². The number of H-pyrrole nitrogens is 1. The highest BCUT2D eigenvalue weighted by molar-refractivity contribution is 7.13. The van der Waals surface area contributed by atoms with E-state index in [0.29, 0.717) is 6.42 Å². The predicted octanol–water partition coefficient (Wildman–Crippen LogP) is 2.46. The van der Waals surface area contributed by atoms with Crippen LogP contribution in [0.2, 0.25) is 0 Å². The molecule has 2 aromatic heterocycles. The molecule has 2 rings (SSSR count). The largest absolute Gasteiger partial charge is 0.481 e. The second-order valence-corrected chi connectivity index (χ2v) is 4.49. The molecule has 0 radical (unpaired) electrons. The van der Waals surface area contributed by atoms with E-state index in [9.17, 15) is 4.79 Å². The van der Waals surface area contributed by atoms with E-state index in [4.69, 9.17) is 5.11 Å². The summed E-state index contributed by atoms with van der Waals surface area (Å²) in [6.07, 6.45) is 2.31. The average Bonchev–Trinajstić information content (AvgIpc) is 2.83. The minimum atomic E-state index is -0.801. The van der Waals surface area contributed by atoms with Crippen LogP contribution in [0, 0.1) is 6.92 Å². The number of aryl methyl sites for hydroxylation is 2. The summed E-state index contributed by atoms with van der Waals surface area (Å²) in [7, 11) is 0. The van der Waals surface area contributed by atoms with Gasteiger partial charge in [0.2, 0.25) is 0 Å². The summed E-state index contributed by atoms with van der Waals surface area (Å²) in [5.74, 6) is -0.0737. The van der Waals surface area contributed by atoms with Crippen molar-refractivity contribution in [3.8, 4) is 10.6 Å². The monoisotopic (exact) mass is 236 g/mol. The number of carboxylic acid groups (broad SMARTS) is 1. The number of carboxylic acids is 1. The molecule has 0 unspecified atom stereocenters. The average molecular weight is 236 g/mol. The van der Waals surface area contributed by atoms with Crippen LogP contribution < -0.4 is 0 Å². The van der Waals surface area contributed by atoms with Crippen LogP contribution in [0.15, 0.2) is 17.6 Å². The van der Waals surface area contributed by atoms with Crippen molar-refractivity contribution in [3.63, 3.8) is 0 Å². The molecule has 0 aromatic carbocycles. The normalized spacial score (nSPS) is 10.6. The zero-order valence-corrected chi connectivity index (χ0v) is 9.67. The number of aromatic nitrogens is 2. The number of hydrogen-bond donors (Lipinski definition) is 2. The van der Waals surface area contributed by atoms with Crippen molar-refractivity contribution >= 4 is 17.3 Å². The Labute approximate surface area is 97.0 Å². The molecule has 2 heterocycles. The Morgan fingerprint density at radius 3 is 3.06 bits per heavy atom. The van der Waals surface area contributed by atoms with E-state index in [0.717, 1.165) is 16.4 Å². The lowest BCUT2D eigenvalue weighted by molar-refractivity contribution is -0.137. The van der Waals surface area contributed by atoms with Gasteiger partial charge >= 0.3 is 5.97 Å². The van der Waals surface area contributed by atoms with Crippen LogP contribution >= 0.6 is 11.3 Å². The molecular formula is C11H12N2O2S. The molecule has 0 aliphatic heterocycles. The minimum absolute atomic E-state index is 0.108. The van der Waals surface area contributed by atoms with Crippen LogP contribution in [-0.4, -0.2) is 21.0 Å². The van der Waals surface area contributed by atoms with Gasteiger partial charge in [-0.1, -0.05) is 0 Å². The summed E-state index contributed by atoms with van der Waals surface area (Å²) in [6.45, 7) is 2.05. The third-order valence-corrected chi connectivity index (χ3v) is 3.36. The molecule has 2 aromatic rings. The number of nitrogens with one attached hydrogen (secondary N) is 1. The van der Waals surface area contributed by atoms with Gasteiger partial charge in [0, 0.05) is 6.42 Å². The van der Waals surface area contributed by atoms with Crippen LogP contribution in [-0.2, 0) is 11.2 Å². The molecule has 0 saturated carbocycles. The van der Waals surface area contributed by atoms with Gasteiger partial charge in [0.1, 0.15) is 5.82 Å². The topological polar surface area (TPSA) is 66.0 Å². The van der Waals surface area contributed by atoms with Gasteiger partial charge in [0.15, 0.2) is 0 Å². The Hall–Kier alpha value is -1.62. The van der Waals surface area contributed by atoms with E-state index in [1.54, 1.807) is 17.5 Å². The Balaban J connectivity index is 2.14. The number of thiophene rings is 1. The number of rotatable bonds is 4. The van der Waals surface area contributed by atoms with Crippen LogP contribution in [0.3, 0.4) is 0 Å². The summed E-state index contributed by atoms with van der Waals surface area (Å²) in [5.41, 5.74) is 2.17. The van der Waals surface area contributed by atoms with Crippen LogP contribution in [0.1, 0.15) is 17.8 Å². The van der Waals surface area contributed by atoms with Gasteiger partial charge in [-0.25, -0.2) is 4.98 Å². The first-order valence-corrected chi connectivity index (χ1v) is 5.85. The van der Waals surface area contributed by atoms with Gasteiger partial charge < -0.3 is 10.1 Å². The molecule has 16 heavy (non-hydrogen) atoms. The standard InChI is InChI=1S/C11H12N2O2S/c1-7-4-5-16-11(7)8-6-12-9(13-8)2-3-10(14)15/h4-6H,2-3H2,1H3,(H,12,13)(H,14,15). The van der Waals surface area contributed by atoms with E-state index < -0.39 is 5.97 Å². The molecule has 0 aliphatic rings. The first-order chi connectivity index (χ1) is 7.66. The van der Waals surface area contributed by atoms with Gasteiger partial charge in [-0.05, 0) is 23.9 Å². The predicted molar refractivity (Wildman–Crippen MR) is 62.6 cm³/mol. The Bertz CT molecular complexity index is 502. The van der Waals surface area contributed by atoms with Gasteiger partial charge in [-0.3, -0.25) is 4.79 Å². The van der Waals surface area contributed by atoms with Gasteiger partial charge in [0.05, 0.1) is 23.2 Å². The van der Waals surface area contributed by atoms with Crippen molar-refractivity contribution in [1.29, 1.82) is 0 Å². The van der Waals surface area contributed by atoms with Crippen molar-refractivity contribution in [2.45, 2.75) is 19.8 Å². The van der Waals surface area contributed by atoms with E-state index in [1.165, 1.54) is 5.56 Å². The zero-order chi connectivity index (χ0) is 11.5. The smallest absolute Gasteiger partial charge is 0.303 e. The molecular weight excluding hydrogens is 224 g/mol. The summed E-state index contributed by atoms with van der Waals surface area (Å²) in [4.78, 5) is 18.9. The molecule has 0 fully saturated rings. The fraction of sp³-hybridized carbons (Fsp3) is 0.273. The molecule has 0 bridgehead atoms. The van der Waals surface area contributed by atoms with Crippen molar-refractivity contribution in [1.82, 2.24) is 9.97 Å². The number of hydrogen-bond acceptors (Lipinski definition) is 3. The number of aliphatic carboxylic acids is 1. The molecule has 5 heteroatoms. The maximum Gasteiger partial charge on any atom is 0.303 e. The quantitative estimate of drug-likeness (QED) is 0.857. The molecule has 0 atom stereocenters. The van der Waals surface area contributed by atoms with E-state index in [-0.39, 0.29) is 6.42 Å². The molecule has 2 N–H and O–H groups in total. The summed E-state index contributed by atoms with van der Waals surface area (Å²) in [5, 5.41) is 10.6. The number of aromatic amines is 1. The highest BCUT2D eigenvalue weighted by Crippen LogP contribution is 2.27. The van der Waals surface area contributed by atoms with E-state index in [2.05, 4.69) is 16.0 Å². The van der Waals surface area contributed by atoms with Crippen molar-refractivity contribution in [3.05, 3.63) is 29.0 Å². The van der Waals surface area contributed by atoms with E-state index in [1.807, 2.05) is 12.3 Å². The lowest BCUT2D eigenvalue weighted by Crippen LogP contribution is -1.98. The highest BCUT2D eigenvalue weighted by atomic mass is 32.1. The maximum atomic E-state index is 10.4. The van der Waals surface area contributed by atoms with E-state index >= 15 is 0 Å². The molecule has 0 aliphatic carbocycles. The second-order valence-electron chi connectivity index (χ2n) is 3.57. The first kappa shape index (κ1) is 10.9. The number of carbonyl (C=O) groups is 1. The first-order valence-electron chi connectivity index (χ1n) is 4.97.